The van der Waals surface area contributed by atoms with E-state index in [1.54, 1.807) is 12.1 Å². The van der Waals surface area contributed by atoms with E-state index in [0.29, 0.717) is 11.4 Å². The Morgan fingerprint density at radius 3 is 2.37 bits per heavy atom. The summed E-state index contributed by atoms with van der Waals surface area (Å²) in [6, 6.07) is 14.2. The van der Waals surface area contributed by atoms with Gasteiger partial charge in [-0.25, -0.2) is 4.39 Å². The van der Waals surface area contributed by atoms with Crippen molar-refractivity contribution in [1.82, 2.24) is 15.5 Å². The largest absolute Gasteiger partial charge is 0.353 e. The van der Waals surface area contributed by atoms with Gasteiger partial charge in [0, 0.05) is 22.4 Å². The molecule has 3 aromatic rings. The van der Waals surface area contributed by atoms with Crippen LogP contribution in [0.25, 0.3) is 22.0 Å². The quantitative estimate of drug-likeness (QED) is 0.594. The van der Waals surface area contributed by atoms with Gasteiger partial charge in [0.15, 0.2) is 0 Å². The number of rotatable bonds is 7. The van der Waals surface area contributed by atoms with E-state index in [2.05, 4.69) is 29.4 Å². The Labute approximate surface area is 162 Å². The minimum absolute atomic E-state index is 0.00203. The van der Waals surface area contributed by atoms with Crippen LogP contribution in [0.4, 0.5) is 4.39 Å². The Morgan fingerprint density at radius 2 is 1.70 bits per heavy atom. The number of amides is 1. The second-order valence-electron chi connectivity index (χ2n) is 6.28. The maximum atomic E-state index is 13.2. The second kappa shape index (κ2) is 8.95. The van der Waals surface area contributed by atoms with Crippen LogP contribution in [0.2, 0.25) is 0 Å². The molecule has 0 bridgehead atoms. The number of carbonyl (C=O) groups is 1. The monoisotopic (exact) mass is 383 g/mol. The molecule has 0 saturated heterocycles. The van der Waals surface area contributed by atoms with E-state index >= 15 is 0 Å². The van der Waals surface area contributed by atoms with Crippen LogP contribution in [0.5, 0.6) is 0 Å². The van der Waals surface area contributed by atoms with Gasteiger partial charge in [0.05, 0.1) is 5.75 Å². The highest BCUT2D eigenvalue weighted by atomic mass is 32.2. The average Bonchev–Trinajstić information content (AvgIpc) is 2.71. The fourth-order valence-corrected chi connectivity index (χ4v) is 3.69. The summed E-state index contributed by atoms with van der Waals surface area (Å²) in [5.74, 6) is 0.0132. The molecule has 1 aromatic heterocycles. The molecule has 140 valence electrons. The molecule has 4 nitrogen and oxygen atoms in total. The van der Waals surface area contributed by atoms with Gasteiger partial charge < -0.3 is 5.32 Å². The maximum absolute atomic E-state index is 13.2. The molecule has 0 radical (unpaired) electrons. The van der Waals surface area contributed by atoms with E-state index in [9.17, 15) is 9.18 Å². The zero-order valence-electron chi connectivity index (χ0n) is 15.4. The van der Waals surface area contributed by atoms with Crippen molar-refractivity contribution in [3.8, 4) is 11.3 Å². The lowest BCUT2D eigenvalue weighted by Crippen LogP contribution is -2.35. The summed E-state index contributed by atoms with van der Waals surface area (Å²) in [5.41, 5.74) is 1.51. The van der Waals surface area contributed by atoms with Gasteiger partial charge >= 0.3 is 0 Å². The molecule has 1 N–H and O–H groups in total. The van der Waals surface area contributed by atoms with Crippen molar-refractivity contribution in [3.63, 3.8) is 0 Å². The molecule has 3 rings (SSSR count). The van der Waals surface area contributed by atoms with Crippen molar-refractivity contribution < 1.29 is 9.18 Å². The third kappa shape index (κ3) is 4.63. The van der Waals surface area contributed by atoms with Crippen LogP contribution >= 0.6 is 11.8 Å². The molecule has 0 atom stereocenters. The molecule has 0 spiro atoms. The van der Waals surface area contributed by atoms with Crippen molar-refractivity contribution in [1.29, 1.82) is 0 Å². The minimum Gasteiger partial charge on any atom is -0.353 e. The number of benzene rings is 2. The SMILES string of the molecule is CCC(CC)NC(=O)CSc1nnc(-c2ccc(F)cc2)c2ccccc12. The summed E-state index contributed by atoms with van der Waals surface area (Å²) in [4.78, 5) is 12.2. The van der Waals surface area contributed by atoms with Gasteiger partial charge in [-0.05, 0) is 37.1 Å². The summed E-state index contributed by atoms with van der Waals surface area (Å²) in [5, 5.41) is 14.3. The molecular weight excluding hydrogens is 361 g/mol. The highest BCUT2D eigenvalue weighted by Gasteiger charge is 2.14. The van der Waals surface area contributed by atoms with Crippen LogP contribution in [0, 0.1) is 5.82 Å². The van der Waals surface area contributed by atoms with E-state index in [-0.39, 0.29) is 17.8 Å². The molecular formula is C21H22FN3OS. The van der Waals surface area contributed by atoms with Gasteiger partial charge in [0.25, 0.3) is 0 Å². The van der Waals surface area contributed by atoms with E-state index < -0.39 is 0 Å². The summed E-state index contributed by atoms with van der Waals surface area (Å²) in [6.07, 6.45) is 1.84. The Hall–Kier alpha value is -2.47. The fraction of sp³-hybridized carbons (Fsp3) is 0.286. The predicted molar refractivity (Wildman–Crippen MR) is 108 cm³/mol. The number of carbonyl (C=O) groups excluding carboxylic acids is 1. The number of nitrogens with zero attached hydrogens (tertiary/aromatic N) is 2. The number of hydrogen-bond donors (Lipinski definition) is 1. The molecule has 1 heterocycles. The van der Waals surface area contributed by atoms with E-state index in [1.807, 2.05) is 24.3 Å². The van der Waals surface area contributed by atoms with Crippen molar-refractivity contribution in [3.05, 3.63) is 54.3 Å². The molecule has 0 aliphatic rings. The second-order valence-corrected chi connectivity index (χ2v) is 7.24. The Morgan fingerprint density at radius 1 is 1.04 bits per heavy atom. The van der Waals surface area contributed by atoms with Gasteiger partial charge in [-0.15, -0.1) is 10.2 Å². The van der Waals surface area contributed by atoms with Crippen LogP contribution in [0.1, 0.15) is 26.7 Å². The van der Waals surface area contributed by atoms with Gasteiger partial charge in [-0.2, -0.15) is 0 Å². The minimum atomic E-state index is -0.285. The topological polar surface area (TPSA) is 54.9 Å². The molecule has 27 heavy (non-hydrogen) atoms. The first kappa shape index (κ1) is 19.3. The van der Waals surface area contributed by atoms with Gasteiger partial charge in [0.1, 0.15) is 16.5 Å². The summed E-state index contributed by atoms with van der Waals surface area (Å²) >= 11 is 1.38. The van der Waals surface area contributed by atoms with Crippen molar-refractivity contribution in [2.45, 2.75) is 37.8 Å². The molecule has 0 aliphatic heterocycles. The highest BCUT2D eigenvalue weighted by molar-refractivity contribution is 8.00. The first-order valence-electron chi connectivity index (χ1n) is 9.05. The average molecular weight is 383 g/mol. The number of nitrogens with one attached hydrogen (secondary N) is 1. The lowest BCUT2D eigenvalue weighted by Gasteiger charge is -2.14. The van der Waals surface area contributed by atoms with Crippen LogP contribution in [-0.2, 0) is 4.79 Å². The van der Waals surface area contributed by atoms with Crippen molar-refractivity contribution in [2.24, 2.45) is 0 Å². The number of aromatic nitrogens is 2. The molecule has 0 fully saturated rings. The Bertz CT molecular complexity index is 926. The smallest absolute Gasteiger partial charge is 0.230 e. The third-order valence-corrected chi connectivity index (χ3v) is 5.44. The number of hydrogen-bond acceptors (Lipinski definition) is 4. The zero-order valence-corrected chi connectivity index (χ0v) is 16.2. The number of thioether (sulfide) groups is 1. The number of halogens is 1. The first-order chi connectivity index (χ1) is 13.1. The van der Waals surface area contributed by atoms with E-state index in [1.165, 1.54) is 23.9 Å². The van der Waals surface area contributed by atoms with Gasteiger partial charge in [-0.1, -0.05) is 49.9 Å². The fourth-order valence-electron chi connectivity index (χ4n) is 2.90. The molecule has 0 aliphatic carbocycles. The van der Waals surface area contributed by atoms with Crippen LogP contribution in [0.3, 0.4) is 0 Å². The van der Waals surface area contributed by atoms with E-state index in [0.717, 1.165) is 34.2 Å². The van der Waals surface area contributed by atoms with Crippen molar-refractivity contribution in [2.75, 3.05) is 5.75 Å². The molecule has 6 heteroatoms. The summed E-state index contributed by atoms with van der Waals surface area (Å²) < 4.78 is 13.2. The normalized spacial score (nSPS) is 11.1. The lowest BCUT2D eigenvalue weighted by atomic mass is 10.1. The Balaban J connectivity index is 1.85. The summed E-state index contributed by atoms with van der Waals surface area (Å²) in [6.45, 7) is 4.13. The van der Waals surface area contributed by atoms with Crippen molar-refractivity contribution >= 4 is 28.4 Å². The third-order valence-electron chi connectivity index (χ3n) is 4.46. The lowest BCUT2D eigenvalue weighted by molar-refractivity contribution is -0.119. The predicted octanol–water partition coefficient (Wildman–Crippen LogP) is 4.83. The molecule has 2 aromatic carbocycles. The van der Waals surface area contributed by atoms with E-state index in [4.69, 9.17) is 0 Å². The van der Waals surface area contributed by atoms with Crippen LogP contribution in [0.15, 0.2) is 53.6 Å². The van der Waals surface area contributed by atoms with Gasteiger partial charge in [0.2, 0.25) is 5.91 Å². The van der Waals surface area contributed by atoms with Crippen LogP contribution < -0.4 is 5.32 Å². The molecule has 0 unspecified atom stereocenters. The standard InChI is InChI=1S/C21H22FN3OS/c1-3-16(4-2)23-19(26)13-27-21-18-8-6-5-7-17(18)20(24-25-21)14-9-11-15(22)12-10-14/h5-12,16H,3-4,13H2,1-2H3,(H,23,26). The van der Waals surface area contributed by atoms with Gasteiger partial charge in [-0.3, -0.25) is 4.79 Å². The highest BCUT2D eigenvalue weighted by Crippen LogP contribution is 2.31. The number of fused-ring (bicyclic) bond motifs is 1. The first-order valence-corrected chi connectivity index (χ1v) is 10.0. The Kier molecular flexibility index (Phi) is 6.40. The summed E-state index contributed by atoms with van der Waals surface area (Å²) in [7, 11) is 0. The molecule has 1 amide bonds. The molecule has 0 saturated carbocycles. The van der Waals surface area contributed by atoms with Crippen LogP contribution in [-0.4, -0.2) is 27.9 Å². The maximum Gasteiger partial charge on any atom is 0.230 e. The zero-order chi connectivity index (χ0) is 19.2.